The molecule has 0 saturated carbocycles. The Kier molecular flexibility index (Phi) is 5.98. The minimum absolute atomic E-state index is 0.163. The van der Waals surface area contributed by atoms with Crippen LogP contribution in [-0.4, -0.2) is 110 Å². The molecule has 0 aromatic heterocycles. The summed E-state index contributed by atoms with van der Waals surface area (Å²) >= 11 is 0. The van der Waals surface area contributed by atoms with Gasteiger partial charge in [0.15, 0.2) is 0 Å². The standard InChI is InChI=1S/C15H30N4O2/c1-16(2)13-5-8-19(11-14(13)20)15(21)12-18-7-4-6-17(3)9-10-18/h13-14,20H,4-12H2,1-3H3/t13-,14-/m0/s1. The molecule has 2 saturated heterocycles. The molecule has 0 spiro atoms. The highest BCUT2D eigenvalue weighted by Crippen LogP contribution is 2.15. The Bertz CT molecular complexity index is 351. The van der Waals surface area contributed by atoms with Crippen molar-refractivity contribution in [1.82, 2.24) is 19.6 Å². The molecule has 21 heavy (non-hydrogen) atoms. The number of nitrogens with zero attached hydrogens (tertiary/aromatic N) is 4. The number of hydrogen-bond acceptors (Lipinski definition) is 5. The van der Waals surface area contributed by atoms with Crippen molar-refractivity contribution in [3.8, 4) is 0 Å². The van der Waals surface area contributed by atoms with Crippen LogP contribution in [0.1, 0.15) is 12.8 Å². The molecule has 0 unspecified atom stereocenters. The van der Waals surface area contributed by atoms with Gasteiger partial charge in [-0.15, -0.1) is 0 Å². The normalized spacial score (nSPS) is 29.7. The molecule has 122 valence electrons. The highest BCUT2D eigenvalue weighted by atomic mass is 16.3. The first-order valence-corrected chi connectivity index (χ1v) is 8.00. The molecule has 2 rings (SSSR count). The molecule has 0 radical (unpaired) electrons. The number of piperidine rings is 1. The Hall–Kier alpha value is -0.690. The Labute approximate surface area is 128 Å². The molecule has 1 N–H and O–H groups in total. The van der Waals surface area contributed by atoms with Gasteiger partial charge in [-0.1, -0.05) is 0 Å². The van der Waals surface area contributed by atoms with E-state index < -0.39 is 6.10 Å². The first-order chi connectivity index (χ1) is 9.97. The van der Waals surface area contributed by atoms with E-state index in [0.29, 0.717) is 13.1 Å². The topological polar surface area (TPSA) is 50.3 Å². The molecule has 6 nitrogen and oxygen atoms in total. The summed E-state index contributed by atoms with van der Waals surface area (Å²) in [6.45, 7) is 5.80. The lowest BCUT2D eigenvalue weighted by Gasteiger charge is -2.39. The summed E-state index contributed by atoms with van der Waals surface area (Å²) in [5.74, 6) is 0.163. The van der Waals surface area contributed by atoms with Gasteiger partial charge >= 0.3 is 0 Å². The summed E-state index contributed by atoms with van der Waals surface area (Å²) < 4.78 is 0. The second-order valence-electron chi connectivity index (χ2n) is 6.66. The van der Waals surface area contributed by atoms with Crippen molar-refractivity contribution in [1.29, 1.82) is 0 Å². The monoisotopic (exact) mass is 298 g/mol. The average Bonchev–Trinajstić information content (AvgIpc) is 2.63. The third-order valence-corrected chi connectivity index (χ3v) is 4.73. The van der Waals surface area contributed by atoms with Crippen molar-refractivity contribution in [2.24, 2.45) is 0 Å². The summed E-state index contributed by atoms with van der Waals surface area (Å²) in [7, 11) is 6.10. The molecule has 6 heteroatoms. The largest absolute Gasteiger partial charge is 0.390 e. The maximum absolute atomic E-state index is 12.4. The molecule has 2 atom stereocenters. The minimum atomic E-state index is -0.437. The fourth-order valence-electron chi connectivity index (χ4n) is 3.30. The van der Waals surface area contributed by atoms with E-state index in [1.54, 1.807) is 0 Å². The zero-order valence-electron chi connectivity index (χ0n) is 13.7. The lowest BCUT2D eigenvalue weighted by molar-refractivity contribution is -0.137. The molecule has 2 heterocycles. The van der Waals surface area contributed by atoms with Crippen LogP contribution in [0.2, 0.25) is 0 Å². The molecular formula is C15H30N4O2. The number of carbonyl (C=O) groups excluding carboxylic acids is 1. The van der Waals surface area contributed by atoms with Crippen molar-refractivity contribution in [2.75, 3.05) is 67.0 Å². The smallest absolute Gasteiger partial charge is 0.236 e. The zero-order valence-corrected chi connectivity index (χ0v) is 13.7. The van der Waals surface area contributed by atoms with E-state index in [1.807, 2.05) is 19.0 Å². The average molecular weight is 298 g/mol. The minimum Gasteiger partial charge on any atom is -0.390 e. The number of carbonyl (C=O) groups is 1. The van der Waals surface area contributed by atoms with Gasteiger partial charge in [0.25, 0.3) is 0 Å². The van der Waals surface area contributed by atoms with Crippen LogP contribution in [-0.2, 0) is 4.79 Å². The summed E-state index contributed by atoms with van der Waals surface area (Å²) in [5.41, 5.74) is 0. The van der Waals surface area contributed by atoms with Gasteiger partial charge in [-0.25, -0.2) is 0 Å². The summed E-state index contributed by atoms with van der Waals surface area (Å²) in [6.07, 6.45) is 1.53. The van der Waals surface area contributed by atoms with E-state index in [-0.39, 0.29) is 11.9 Å². The molecular weight excluding hydrogens is 268 g/mol. The van der Waals surface area contributed by atoms with Crippen LogP contribution in [0.3, 0.4) is 0 Å². The van der Waals surface area contributed by atoms with Crippen molar-refractivity contribution >= 4 is 5.91 Å². The first-order valence-electron chi connectivity index (χ1n) is 8.00. The van der Waals surface area contributed by atoms with E-state index in [1.165, 1.54) is 0 Å². The third-order valence-electron chi connectivity index (χ3n) is 4.73. The number of amides is 1. The van der Waals surface area contributed by atoms with Crippen molar-refractivity contribution in [2.45, 2.75) is 25.0 Å². The van der Waals surface area contributed by atoms with Crippen LogP contribution in [0.25, 0.3) is 0 Å². The van der Waals surface area contributed by atoms with Gasteiger partial charge in [0, 0.05) is 32.2 Å². The van der Waals surface area contributed by atoms with Gasteiger partial charge < -0.3 is 19.8 Å². The predicted octanol–water partition coefficient (Wildman–Crippen LogP) is -0.853. The number of aliphatic hydroxyl groups is 1. The maximum atomic E-state index is 12.4. The second-order valence-corrected chi connectivity index (χ2v) is 6.66. The number of likely N-dealkylation sites (tertiary alicyclic amines) is 1. The van der Waals surface area contributed by atoms with Crippen LogP contribution >= 0.6 is 0 Å². The van der Waals surface area contributed by atoms with E-state index in [2.05, 4.69) is 21.7 Å². The van der Waals surface area contributed by atoms with Gasteiger partial charge in [0.1, 0.15) is 0 Å². The number of likely N-dealkylation sites (N-methyl/N-ethyl adjacent to an activating group) is 2. The van der Waals surface area contributed by atoms with Crippen LogP contribution in [0.5, 0.6) is 0 Å². The van der Waals surface area contributed by atoms with Crippen LogP contribution in [0, 0.1) is 0 Å². The Morgan fingerprint density at radius 3 is 2.62 bits per heavy atom. The first kappa shape index (κ1) is 16.7. The Morgan fingerprint density at radius 1 is 1.19 bits per heavy atom. The van der Waals surface area contributed by atoms with Gasteiger partial charge in [-0.2, -0.15) is 0 Å². The van der Waals surface area contributed by atoms with Gasteiger partial charge in [-0.3, -0.25) is 9.69 Å². The van der Waals surface area contributed by atoms with E-state index in [0.717, 1.165) is 45.6 Å². The highest BCUT2D eigenvalue weighted by molar-refractivity contribution is 5.78. The molecule has 0 bridgehead atoms. The highest BCUT2D eigenvalue weighted by Gasteiger charge is 2.31. The molecule has 1 amide bonds. The predicted molar refractivity (Wildman–Crippen MR) is 83.2 cm³/mol. The van der Waals surface area contributed by atoms with Gasteiger partial charge in [0.05, 0.1) is 12.6 Å². The summed E-state index contributed by atoms with van der Waals surface area (Å²) in [5, 5.41) is 10.2. The zero-order chi connectivity index (χ0) is 15.4. The van der Waals surface area contributed by atoms with E-state index in [4.69, 9.17) is 0 Å². The van der Waals surface area contributed by atoms with E-state index >= 15 is 0 Å². The summed E-state index contributed by atoms with van der Waals surface area (Å²) in [6, 6.07) is 0.167. The van der Waals surface area contributed by atoms with Gasteiger partial charge in [0.2, 0.25) is 5.91 Å². The molecule has 0 aromatic carbocycles. The number of hydrogen-bond donors (Lipinski definition) is 1. The fraction of sp³-hybridized carbons (Fsp3) is 0.933. The second kappa shape index (κ2) is 7.54. The van der Waals surface area contributed by atoms with Gasteiger partial charge in [-0.05, 0) is 47.1 Å². The summed E-state index contributed by atoms with van der Waals surface area (Å²) in [4.78, 5) is 20.9. The molecule has 2 aliphatic heterocycles. The molecule has 0 aromatic rings. The third kappa shape index (κ3) is 4.64. The number of aliphatic hydroxyl groups excluding tert-OH is 1. The number of β-amino-alcohol motifs (C(OH)–C–C–N with tert-alkyl or cyclic N) is 1. The number of rotatable bonds is 3. The van der Waals surface area contributed by atoms with Crippen LogP contribution < -0.4 is 0 Å². The maximum Gasteiger partial charge on any atom is 0.236 e. The Balaban J connectivity index is 1.81. The quantitative estimate of drug-likeness (QED) is 0.735. The van der Waals surface area contributed by atoms with Crippen molar-refractivity contribution < 1.29 is 9.90 Å². The van der Waals surface area contributed by atoms with Crippen molar-refractivity contribution in [3.05, 3.63) is 0 Å². The van der Waals surface area contributed by atoms with E-state index in [9.17, 15) is 9.90 Å². The lowest BCUT2D eigenvalue weighted by atomic mass is 10.0. The molecule has 0 aliphatic carbocycles. The molecule has 2 fully saturated rings. The Morgan fingerprint density at radius 2 is 1.95 bits per heavy atom. The fourth-order valence-corrected chi connectivity index (χ4v) is 3.30. The molecule has 2 aliphatic rings. The lowest BCUT2D eigenvalue weighted by Crippen LogP contribution is -2.55. The van der Waals surface area contributed by atoms with Crippen LogP contribution in [0.15, 0.2) is 0 Å². The van der Waals surface area contributed by atoms with Crippen LogP contribution in [0.4, 0.5) is 0 Å². The SMILES string of the molecule is CN1CCCN(CC(=O)N2CC[C@H](N(C)C)[C@@H](O)C2)CC1. The van der Waals surface area contributed by atoms with Crippen molar-refractivity contribution in [3.63, 3.8) is 0 Å².